The van der Waals surface area contributed by atoms with Gasteiger partial charge in [-0.2, -0.15) is 0 Å². The van der Waals surface area contributed by atoms with Gasteiger partial charge in [-0.25, -0.2) is 4.79 Å². The van der Waals surface area contributed by atoms with Crippen molar-refractivity contribution in [1.82, 2.24) is 0 Å². The number of benzene rings is 1. The summed E-state index contributed by atoms with van der Waals surface area (Å²) in [6, 6.07) is 13.5. The van der Waals surface area contributed by atoms with Gasteiger partial charge in [0.1, 0.15) is 0 Å². The molecule has 0 aliphatic carbocycles. The first kappa shape index (κ1) is 9.73. The Labute approximate surface area is 91.0 Å². The first-order valence-corrected chi connectivity index (χ1v) is 5.22. The van der Waals surface area contributed by atoms with Gasteiger partial charge in [0, 0.05) is 4.88 Å². The predicted molar refractivity (Wildman–Crippen MR) is 61.4 cm³/mol. The van der Waals surface area contributed by atoms with E-state index in [2.05, 4.69) is 5.32 Å². The number of anilines is 1. The molecule has 0 atom stereocenters. The summed E-state index contributed by atoms with van der Waals surface area (Å²) in [6.45, 7) is 0. The third-order valence-corrected chi connectivity index (χ3v) is 2.94. The molecule has 3 nitrogen and oxygen atoms in total. The Morgan fingerprint density at radius 3 is 2.53 bits per heavy atom. The van der Waals surface area contributed by atoms with Crippen molar-refractivity contribution in [3.63, 3.8) is 0 Å². The average Bonchev–Trinajstić information content (AvgIpc) is 2.67. The summed E-state index contributed by atoms with van der Waals surface area (Å²) in [6.07, 6.45) is -1.03. The lowest BCUT2D eigenvalue weighted by atomic mass is 10.2. The van der Waals surface area contributed by atoms with Crippen LogP contribution in [0, 0.1) is 0 Å². The van der Waals surface area contributed by atoms with E-state index in [1.807, 2.05) is 36.4 Å². The number of carbonyl (C=O) groups is 1. The number of carboxylic acid groups (broad SMARTS) is 1. The normalized spacial score (nSPS) is 9.87. The second-order valence-corrected chi connectivity index (χ2v) is 4.04. The van der Waals surface area contributed by atoms with Crippen LogP contribution in [0.15, 0.2) is 42.5 Å². The molecular formula is C11H9NO2S. The van der Waals surface area contributed by atoms with Crippen molar-refractivity contribution >= 4 is 22.4 Å². The number of thiophene rings is 1. The van der Waals surface area contributed by atoms with E-state index >= 15 is 0 Å². The molecule has 0 radical (unpaired) electrons. The lowest BCUT2D eigenvalue weighted by Gasteiger charge is -1.95. The van der Waals surface area contributed by atoms with Crippen molar-refractivity contribution in [3.8, 4) is 10.4 Å². The topological polar surface area (TPSA) is 49.3 Å². The van der Waals surface area contributed by atoms with Crippen molar-refractivity contribution in [2.75, 3.05) is 5.32 Å². The van der Waals surface area contributed by atoms with Crippen molar-refractivity contribution in [2.45, 2.75) is 0 Å². The van der Waals surface area contributed by atoms with Crippen LogP contribution in [-0.2, 0) is 0 Å². The van der Waals surface area contributed by atoms with E-state index in [-0.39, 0.29) is 0 Å². The molecule has 0 aliphatic heterocycles. The molecule has 1 amide bonds. The fourth-order valence-electron chi connectivity index (χ4n) is 1.27. The van der Waals surface area contributed by atoms with Crippen LogP contribution in [0.5, 0.6) is 0 Å². The molecule has 0 aliphatic rings. The monoisotopic (exact) mass is 219 g/mol. The molecule has 15 heavy (non-hydrogen) atoms. The molecule has 0 unspecified atom stereocenters. The summed E-state index contributed by atoms with van der Waals surface area (Å²) in [5.41, 5.74) is 1.10. The van der Waals surface area contributed by atoms with Gasteiger partial charge in [-0.1, -0.05) is 30.3 Å². The molecular weight excluding hydrogens is 210 g/mol. The van der Waals surface area contributed by atoms with E-state index in [1.54, 1.807) is 6.07 Å². The fraction of sp³-hybridized carbons (Fsp3) is 0. The first-order chi connectivity index (χ1) is 7.25. The average molecular weight is 219 g/mol. The first-order valence-electron chi connectivity index (χ1n) is 4.41. The Kier molecular flexibility index (Phi) is 2.69. The standard InChI is InChI=1S/C11H9NO2S/c13-11(14)12-10-7-6-9(15-10)8-4-2-1-3-5-8/h1-7,12H,(H,13,14). The molecule has 1 heterocycles. The van der Waals surface area contributed by atoms with Gasteiger partial charge in [0.2, 0.25) is 0 Å². The molecule has 0 fully saturated rings. The Morgan fingerprint density at radius 2 is 1.87 bits per heavy atom. The number of hydrogen-bond acceptors (Lipinski definition) is 2. The molecule has 1 aromatic heterocycles. The SMILES string of the molecule is O=C(O)Nc1ccc(-c2ccccc2)s1. The lowest BCUT2D eigenvalue weighted by Crippen LogP contribution is -2.04. The van der Waals surface area contributed by atoms with Crippen LogP contribution >= 0.6 is 11.3 Å². The van der Waals surface area contributed by atoms with Crippen LogP contribution in [0.4, 0.5) is 9.80 Å². The van der Waals surface area contributed by atoms with Crippen LogP contribution < -0.4 is 5.32 Å². The number of nitrogens with one attached hydrogen (secondary N) is 1. The number of hydrogen-bond donors (Lipinski definition) is 2. The highest BCUT2D eigenvalue weighted by Crippen LogP contribution is 2.30. The molecule has 0 saturated heterocycles. The van der Waals surface area contributed by atoms with Crippen LogP contribution in [0.1, 0.15) is 0 Å². The van der Waals surface area contributed by atoms with Gasteiger partial charge in [0.05, 0.1) is 5.00 Å². The summed E-state index contributed by atoms with van der Waals surface area (Å²) in [4.78, 5) is 11.5. The summed E-state index contributed by atoms with van der Waals surface area (Å²) >= 11 is 1.42. The minimum Gasteiger partial charge on any atom is -0.465 e. The quantitative estimate of drug-likeness (QED) is 0.812. The summed E-state index contributed by atoms with van der Waals surface area (Å²) in [7, 11) is 0. The largest absolute Gasteiger partial charge is 0.465 e. The summed E-state index contributed by atoms with van der Waals surface area (Å²) in [5, 5.41) is 11.5. The van der Waals surface area contributed by atoms with Gasteiger partial charge in [-0.15, -0.1) is 11.3 Å². The molecule has 2 aromatic rings. The Balaban J connectivity index is 2.24. The molecule has 76 valence electrons. The van der Waals surface area contributed by atoms with E-state index < -0.39 is 6.09 Å². The second kappa shape index (κ2) is 4.14. The Morgan fingerprint density at radius 1 is 1.13 bits per heavy atom. The fourth-order valence-corrected chi connectivity index (χ4v) is 2.17. The second-order valence-electron chi connectivity index (χ2n) is 2.96. The highest BCUT2D eigenvalue weighted by atomic mass is 32.1. The minimum atomic E-state index is -1.03. The molecule has 2 N–H and O–H groups in total. The predicted octanol–water partition coefficient (Wildman–Crippen LogP) is 3.51. The van der Waals surface area contributed by atoms with Gasteiger partial charge in [-0.3, -0.25) is 5.32 Å². The van der Waals surface area contributed by atoms with E-state index in [0.29, 0.717) is 5.00 Å². The van der Waals surface area contributed by atoms with Crippen molar-refractivity contribution < 1.29 is 9.90 Å². The van der Waals surface area contributed by atoms with E-state index in [0.717, 1.165) is 10.4 Å². The zero-order chi connectivity index (χ0) is 10.7. The Bertz CT molecular complexity index is 464. The maximum absolute atomic E-state index is 10.4. The van der Waals surface area contributed by atoms with Gasteiger partial charge >= 0.3 is 6.09 Å². The van der Waals surface area contributed by atoms with Gasteiger partial charge in [-0.05, 0) is 17.7 Å². The lowest BCUT2D eigenvalue weighted by molar-refractivity contribution is 0.210. The summed E-state index contributed by atoms with van der Waals surface area (Å²) < 4.78 is 0. The smallest absolute Gasteiger partial charge is 0.409 e. The molecule has 0 spiro atoms. The van der Waals surface area contributed by atoms with Crippen LogP contribution in [0.3, 0.4) is 0 Å². The van der Waals surface area contributed by atoms with Crippen molar-refractivity contribution in [3.05, 3.63) is 42.5 Å². The van der Waals surface area contributed by atoms with Crippen LogP contribution in [-0.4, -0.2) is 11.2 Å². The molecule has 1 aromatic carbocycles. The van der Waals surface area contributed by atoms with Gasteiger partial charge < -0.3 is 5.11 Å². The van der Waals surface area contributed by atoms with Crippen LogP contribution in [0.25, 0.3) is 10.4 Å². The number of amides is 1. The highest BCUT2D eigenvalue weighted by molar-refractivity contribution is 7.19. The van der Waals surface area contributed by atoms with E-state index in [9.17, 15) is 4.79 Å². The van der Waals surface area contributed by atoms with E-state index in [1.165, 1.54) is 11.3 Å². The Hall–Kier alpha value is -1.81. The summed E-state index contributed by atoms with van der Waals surface area (Å²) in [5.74, 6) is 0. The molecule has 0 saturated carbocycles. The van der Waals surface area contributed by atoms with Gasteiger partial charge in [0.15, 0.2) is 0 Å². The van der Waals surface area contributed by atoms with Crippen LogP contribution in [0.2, 0.25) is 0 Å². The van der Waals surface area contributed by atoms with Crippen molar-refractivity contribution in [2.24, 2.45) is 0 Å². The third-order valence-electron chi connectivity index (χ3n) is 1.89. The maximum Gasteiger partial charge on any atom is 0.409 e. The third kappa shape index (κ3) is 2.35. The highest BCUT2D eigenvalue weighted by Gasteiger charge is 2.03. The molecule has 0 bridgehead atoms. The molecule has 4 heteroatoms. The zero-order valence-corrected chi connectivity index (χ0v) is 8.62. The van der Waals surface area contributed by atoms with Gasteiger partial charge in [0.25, 0.3) is 0 Å². The molecule has 2 rings (SSSR count). The minimum absolute atomic E-state index is 0.640. The maximum atomic E-state index is 10.4. The number of rotatable bonds is 2. The zero-order valence-electron chi connectivity index (χ0n) is 7.81. The van der Waals surface area contributed by atoms with E-state index in [4.69, 9.17) is 5.11 Å². The van der Waals surface area contributed by atoms with Crippen molar-refractivity contribution in [1.29, 1.82) is 0 Å².